The van der Waals surface area contributed by atoms with Crippen molar-refractivity contribution in [1.82, 2.24) is 0 Å². The first-order valence-electron chi connectivity index (χ1n) is 5.20. The van der Waals surface area contributed by atoms with E-state index < -0.39 is 25.3 Å². The van der Waals surface area contributed by atoms with Gasteiger partial charge < -0.3 is 32.4 Å². The third kappa shape index (κ3) is 3.99. The molecule has 7 nitrogen and oxygen atoms in total. The van der Waals surface area contributed by atoms with Gasteiger partial charge in [0.15, 0.2) is 12.4 Å². The minimum atomic E-state index is -5.19. The minimum absolute atomic E-state index is 0. The zero-order valence-electron chi connectivity index (χ0n) is 10.1. The molecular weight excluding hydrogens is 297 g/mol. The van der Waals surface area contributed by atoms with Crippen LogP contribution in [-0.2, 0) is 22.3 Å². The lowest BCUT2D eigenvalue weighted by Crippen LogP contribution is -3.00. The maximum absolute atomic E-state index is 11.1. The largest absolute Gasteiger partial charge is 1.00 e. The number of carboxylic acids is 1. The van der Waals surface area contributed by atoms with Crippen molar-refractivity contribution < 1.29 is 46.3 Å². The van der Waals surface area contributed by atoms with Gasteiger partial charge in [0.2, 0.25) is 0 Å². The van der Waals surface area contributed by atoms with E-state index in [1.165, 1.54) is 12.3 Å². The van der Waals surface area contributed by atoms with Crippen LogP contribution in [0.25, 0.3) is 0 Å². The molecule has 0 aliphatic carbocycles. The van der Waals surface area contributed by atoms with Crippen molar-refractivity contribution in [2.45, 2.75) is 25.2 Å². The van der Waals surface area contributed by atoms with Gasteiger partial charge in [-0.1, -0.05) is 0 Å². The zero-order valence-corrected chi connectivity index (χ0v) is 11.8. The highest BCUT2D eigenvalue weighted by molar-refractivity contribution is 7.54. The lowest BCUT2D eigenvalue weighted by Gasteiger charge is -2.23. The van der Waals surface area contributed by atoms with Crippen LogP contribution in [0.4, 0.5) is 0 Å². The average molecular weight is 312 g/mol. The lowest BCUT2D eigenvalue weighted by molar-refractivity contribution is -0.694. The predicted molar refractivity (Wildman–Crippen MR) is 60.6 cm³/mol. The molecule has 0 amide bonds. The third-order valence-electron chi connectivity index (χ3n) is 2.56. The molecule has 9 heteroatoms. The second kappa shape index (κ2) is 6.45. The summed E-state index contributed by atoms with van der Waals surface area (Å²) in [6, 6.07) is 3.11. The number of aliphatic carboxylic acids is 1. The highest BCUT2D eigenvalue weighted by Crippen LogP contribution is 2.50. The van der Waals surface area contributed by atoms with Gasteiger partial charge in [0.25, 0.3) is 5.34 Å². The van der Waals surface area contributed by atoms with Crippen LogP contribution >= 0.6 is 7.60 Å². The van der Waals surface area contributed by atoms with Gasteiger partial charge in [0, 0.05) is 18.1 Å². The molecule has 0 fully saturated rings. The Morgan fingerprint density at radius 2 is 2.05 bits per heavy atom. The molecule has 0 aromatic carbocycles. The van der Waals surface area contributed by atoms with Crippen molar-refractivity contribution in [3.63, 3.8) is 0 Å². The van der Waals surface area contributed by atoms with E-state index in [9.17, 15) is 14.5 Å². The summed E-state index contributed by atoms with van der Waals surface area (Å²) in [6.45, 7) is 2.48. The quantitative estimate of drug-likeness (QED) is 0.331. The summed E-state index contributed by atoms with van der Waals surface area (Å²) in [6.07, 6.45) is 2.60. The van der Waals surface area contributed by atoms with E-state index >= 15 is 0 Å². The summed E-state index contributed by atoms with van der Waals surface area (Å²) < 4.78 is 12.8. The van der Waals surface area contributed by atoms with Gasteiger partial charge in [-0.25, -0.2) is 9.36 Å². The second-order valence-corrected chi connectivity index (χ2v) is 5.71. The third-order valence-corrected chi connectivity index (χ3v) is 3.87. The van der Waals surface area contributed by atoms with Gasteiger partial charge in [-0.3, -0.25) is 4.57 Å². The number of carboxylic acid groups (broad SMARTS) is 1. The highest BCUT2D eigenvalue weighted by atomic mass is 35.5. The van der Waals surface area contributed by atoms with Gasteiger partial charge >= 0.3 is 13.6 Å². The van der Waals surface area contributed by atoms with E-state index in [4.69, 9.17) is 14.9 Å². The molecule has 4 N–H and O–H groups in total. The molecule has 0 saturated heterocycles. The van der Waals surface area contributed by atoms with Gasteiger partial charge in [0.1, 0.15) is 6.54 Å². The number of aromatic nitrogens is 1. The van der Waals surface area contributed by atoms with Gasteiger partial charge in [-0.15, -0.1) is 0 Å². The van der Waals surface area contributed by atoms with E-state index in [1.807, 2.05) is 6.92 Å². The van der Waals surface area contributed by atoms with E-state index in [0.29, 0.717) is 12.1 Å². The molecule has 0 aliphatic rings. The van der Waals surface area contributed by atoms with Crippen LogP contribution in [0.5, 0.6) is 0 Å². The summed E-state index contributed by atoms with van der Waals surface area (Å²) >= 11 is 0. The number of aryl methyl sites for hydroxylation is 1. The maximum Gasteiger partial charge on any atom is 0.368 e. The van der Waals surface area contributed by atoms with Crippen LogP contribution in [0.3, 0.4) is 0 Å². The predicted octanol–water partition coefficient (Wildman–Crippen LogP) is -3.51. The molecule has 0 spiro atoms. The molecule has 1 atom stereocenters. The van der Waals surface area contributed by atoms with Gasteiger partial charge in [0.05, 0.1) is 0 Å². The monoisotopic (exact) mass is 311 g/mol. The molecular formula is C10H15ClNO6P. The highest BCUT2D eigenvalue weighted by Gasteiger charge is 2.53. The van der Waals surface area contributed by atoms with Gasteiger partial charge in [-0.2, -0.15) is 0 Å². The summed E-state index contributed by atoms with van der Waals surface area (Å²) in [5.74, 6) is -1.94. The number of hydrogen-bond acceptors (Lipinski definition) is 3. The number of halogens is 1. The number of rotatable bonds is 5. The molecule has 1 aromatic heterocycles. The molecule has 0 aliphatic heterocycles. The van der Waals surface area contributed by atoms with Crippen LogP contribution in [0.2, 0.25) is 0 Å². The molecule has 1 heterocycles. The SMILES string of the molecule is CC[n+]1cccc(CC(O)(C(=O)O)P(=O)(O)O)c1.[Cl-]. The minimum Gasteiger partial charge on any atom is -1.00 e. The molecule has 19 heavy (non-hydrogen) atoms. The Hall–Kier alpha value is -0.980. The first-order chi connectivity index (χ1) is 8.20. The van der Waals surface area contributed by atoms with Crippen molar-refractivity contribution in [2.24, 2.45) is 0 Å². The van der Waals surface area contributed by atoms with Crippen molar-refractivity contribution >= 4 is 13.6 Å². The van der Waals surface area contributed by atoms with E-state index in [-0.39, 0.29) is 12.4 Å². The Bertz CT molecular complexity index is 505. The zero-order chi connectivity index (χ0) is 14.0. The molecule has 0 bridgehead atoms. The van der Waals surface area contributed by atoms with Crippen LogP contribution in [0.1, 0.15) is 12.5 Å². The van der Waals surface area contributed by atoms with E-state index in [2.05, 4.69) is 0 Å². The average Bonchev–Trinajstić information content (AvgIpc) is 2.27. The summed E-state index contributed by atoms with van der Waals surface area (Å²) in [5, 5.41) is 15.4. The van der Waals surface area contributed by atoms with E-state index in [1.54, 1.807) is 16.8 Å². The standard InChI is InChI=1S/C10H14NO6P.ClH/c1-2-11-5-3-4-8(7-11)6-10(14,9(12)13)18(15,16)17;/h3-5,7,14H,2,6H2,1H3,(H2-,12,13,15,16,17);1H. The number of carbonyl (C=O) groups is 1. The fraction of sp³-hybridized carbons (Fsp3) is 0.400. The number of hydrogen-bond donors (Lipinski definition) is 4. The smallest absolute Gasteiger partial charge is 0.368 e. The Balaban J connectivity index is 0.00000324. The summed E-state index contributed by atoms with van der Waals surface area (Å²) in [7, 11) is -5.19. The van der Waals surface area contributed by atoms with Crippen LogP contribution in [-0.4, -0.2) is 31.3 Å². The maximum atomic E-state index is 11.1. The van der Waals surface area contributed by atoms with Crippen LogP contribution in [0.15, 0.2) is 24.5 Å². The fourth-order valence-corrected chi connectivity index (χ4v) is 2.10. The number of pyridine rings is 1. The normalized spacial score (nSPS) is 14.3. The first kappa shape index (κ1) is 18.0. The summed E-state index contributed by atoms with van der Waals surface area (Å²) in [4.78, 5) is 28.8. The molecule has 0 saturated carbocycles. The van der Waals surface area contributed by atoms with Gasteiger partial charge in [-0.05, 0) is 13.0 Å². The lowest BCUT2D eigenvalue weighted by atomic mass is 10.1. The molecule has 1 unspecified atom stereocenters. The Morgan fingerprint density at radius 3 is 2.47 bits per heavy atom. The van der Waals surface area contributed by atoms with E-state index in [0.717, 1.165) is 0 Å². The summed E-state index contributed by atoms with van der Waals surface area (Å²) in [5.41, 5.74) is 0.326. The van der Waals surface area contributed by atoms with Crippen molar-refractivity contribution in [3.8, 4) is 0 Å². The number of aliphatic hydroxyl groups is 1. The Labute approximate surface area is 116 Å². The van der Waals surface area contributed by atoms with Crippen molar-refractivity contribution in [3.05, 3.63) is 30.1 Å². The topological polar surface area (TPSA) is 119 Å². The molecule has 0 radical (unpaired) electrons. The van der Waals surface area contributed by atoms with Crippen molar-refractivity contribution in [1.29, 1.82) is 0 Å². The van der Waals surface area contributed by atoms with Crippen LogP contribution in [0, 0.1) is 0 Å². The number of nitrogens with zero attached hydrogens (tertiary/aromatic N) is 1. The van der Waals surface area contributed by atoms with Crippen LogP contribution < -0.4 is 17.0 Å². The fourth-order valence-electron chi connectivity index (χ4n) is 1.47. The Kier molecular flexibility index (Phi) is 6.12. The first-order valence-corrected chi connectivity index (χ1v) is 6.81. The molecule has 108 valence electrons. The molecule has 1 rings (SSSR count). The second-order valence-electron chi connectivity index (χ2n) is 3.89. The van der Waals surface area contributed by atoms with Crippen molar-refractivity contribution in [2.75, 3.05) is 0 Å². The molecule has 1 aromatic rings. The Morgan fingerprint density at radius 1 is 1.47 bits per heavy atom.